The fraction of sp³-hybridized carbons (Fsp3) is 0.0909. The van der Waals surface area contributed by atoms with Crippen LogP contribution >= 0.6 is 0 Å². The Morgan fingerprint density at radius 1 is 1.20 bits per heavy atom. The third kappa shape index (κ3) is 1.01. The number of cyclic esters (lactones) is 1. The molecule has 0 aliphatic carbocycles. The monoisotopic (exact) mass is 201 g/mol. The predicted octanol–water partition coefficient (Wildman–Crippen LogP) is 1.52. The Bertz CT molecular complexity index is 583. The molecular weight excluding hydrogens is 194 g/mol. The van der Waals surface area contributed by atoms with Crippen LogP contribution in [0.4, 0.5) is 0 Å². The number of benzene rings is 1. The number of esters is 1. The molecule has 1 aliphatic rings. The third-order valence-corrected chi connectivity index (χ3v) is 2.52. The van der Waals surface area contributed by atoms with E-state index >= 15 is 0 Å². The summed E-state index contributed by atoms with van der Waals surface area (Å²) in [5, 5.41) is 0.786. The molecular formula is C11H7NO3. The number of Topliss-reactive ketones (excluding diaryl/α,β-unsaturated/α-hetero) is 1. The Labute approximate surface area is 84.8 Å². The van der Waals surface area contributed by atoms with Crippen molar-refractivity contribution >= 4 is 22.7 Å². The van der Waals surface area contributed by atoms with E-state index in [-0.39, 0.29) is 18.1 Å². The summed E-state index contributed by atoms with van der Waals surface area (Å²) >= 11 is 0. The molecule has 74 valence electrons. The minimum absolute atomic E-state index is 0.151. The molecule has 0 radical (unpaired) electrons. The summed E-state index contributed by atoms with van der Waals surface area (Å²) in [5.41, 5.74) is 1.52. The Morgan fingerprint density at radius 3 is 2.87 bits per heavy atom. The number of hydrogen-bond donors (Lipinski definition) is 1. The van der Waals surface area contributed by atoms with Gasteiger partial charge in [0.05, 0.1) is 5.56 Å². The van der Waals surface area contributed by atoms with Crippen molar-refractivity contribution in [2.75, 3.05) is 6.61 Å². The Morgan fingerprint density at radius 2 is 2.00 bits per heavy atom. The molecule has 0 fully saturated rings. The number of fused-ring (bicyclic) bond motifs is 3. The van der Waals surface area contributed by atoms with Gasteiger partial charge in [-0.05, 0) is 6.07 Å². The molecule has 0 saturated heterocycles. The number of carbonyl (C=O) groups is 2. The number of ketones is 1. The number of para-hydroxylation sites is 1. The molecule has 15 heavy (non-hydrogen) atoms. The van der Waals surface area contributed by atoms with Crippen LogP contribution in [-0.2, 0) is 4.74 Å². The van der Waals surface area contributed by atoms with Crippen molar-refractivity contribution in [2.24, 2.45) is 0 Å². The molecule has 3 rings (SSSR count). The molecule has 2 aromatic rings. The van der Waals surface area contributed by atoms with Gasteiger partial charge in [0.25, 0.3) is 0 Å². The largest absolute Gasteiger partial charge is 0.453 e. The summed E-state index contributed by atoms with van der Waals surface area (Å²) < 4.78 is 4.73. The van der Waals surface area contributed by atoms with Crippen molar-refractivity contribution in [1.82, 2.24) is 4.98 Å². The molecule has 0 spiro atoms. The number of rotatable bonds is 0. The van der Waals surface area contributed by atoms with E-state index in [9.17, 15) is 9.59 Å². The first-order valence-corrected chi connectivity index (χ1v) is 4.58. The Kier molecular flexibility index (Phi) is 1.48. The van der Waals surface area contributed by atoms with Crippen molar-refractivity contribution in [3.05, 3.63) is 35.5 Å². The topological polar surface area (TPSA) is 59.2 Å². The normalized spacial score (nSPS) is 15.2. The Hall–Kier alpha value is -2.10. The highest BCUT2D eigenvalue weighted by Gasteiger charge is 2.29. The summed E-state index contributed by atoms with van der Waals surface area (Å²) in [5.74, 6) is -0.608. The summed E-state index contributed by atoms with van der Waals surface area (Å²) in [6.45, 7) is -0.159. The van der Waals surface area contributed by atoms with E-state index in [1.54, 1.807) is 0 Å². The average molecular weight is 201 g/mol. The maximum Gasteiger partial charge on any atom is 0.355 e. The lowest BCUT2D eigenvalue weighted by Gasteiger charge is -2.09. The minimum Gasteiger partial charge on any atom is -0.453 e. The van der Waals surface area contributed by atoms with Gasteiger partial charge in [-0.25, -0.2) is 4.79 Å². The van der Waals surface area contributed by atoms with E-state index in [2.05, 4.69) is 4.98 Å². The molecule has 1 aliphatic heterocycles. The SMILES string of the molecule is O=C1OCC(=O)c2c1[nH]c1ccccc21. The van der Waals surface area contributed by atoms with Gasteiger partial charge in [-0.15, -0.1) is 0 Å². The lowest BCUT2D eigenvalue weighted by Crippen LogP contribution is -2.23. The first kappa shape index (κ1) is 8.23. The van der Waals surface area contributed by atoms with Crippen LogP contribution in [0.1, 0.15) is 20.8 Å². The first-order chi connectivity index (χ1) is 7.27. The van der Waals surface area contributed by atoms with Gasteiger partial charge in [-0.1, -0.05) is 18.2 Å². The summed E-state index contributed by atoms with van der Waals surface area (Å²) in [6.07, 6.45) is 0. The van der Waals surface area contributed by atoms with Gasteiger partial charge < -0.3 is 9.72 Å². The van der Waals surface area contributed by atoms with E-state index in [1.807, 2.05) is 24.3 Å². The number of aromatic amines is 1. The van der Waals surface area contributed by atoms with Crippen molar-refractivity contribution in [2.45, 2.75) is 0 Å². The van der Waals surface area contributed by atoms with Crippen LogP contribution in [-0.4, -0.2) is 23.3 Å². The minimum atomic E-state index is -0.458. The van der Waals surface area contributed by atoms with E-state index < -0.39 is 5.97 Å². The standard InChI is InChI=1S/C11H7NO3/c13-8-5-15-11(14)10-9(8)6-3-1-2-4-7(6)12-10/h1-4,12H,5H2. The second-order valence-corrected chi connectivity index (χ2v) is 3.42. The molecule has 0 saturated carbocycles. The molecule has 4 heteroatoms. The van der Waals surface area contributed by atoms with Crippen LogP contribution in [0, 0.1) is 0 Å². The molecule has 0 atom stereocenters. The zero-order valence-electron chi connectivity index (χ0n) is 7.74. The molecule has 0 unspecified atom stereocenters. The number of nitrogens with one attached hydrogen (secondary N) is 1. The number of aromatic nitrogens is 1. The van der Waals surface area contributed by atoms with E-state index in [0.717, 1.165) is 10.9 Å². The highest BCUT2D eigenvalue weighted by molar-refractivity contribution is 6.18. The van der Waals surface area contributed by atoms with E-state index in [1.165, 1.54) is 0 Å². The second-order valence-electron chi connectivity index (χ2n) is 3.42. The van der Waals surface area contributed by atoms with Crippen LogP contribution in [0.5, 0.6) is 0 Å². The fourth-order valence-corrected chi connectivity index (χ4v) is 1.86. The van der Waals surface area contributed by atoms with Crippen LogP contribution in [0.3, 0.4) is 0 Å². The number of hydrogen-bond acceptors (Lipinski definition) is 3. The lowest BCUT2D eigenvalue weighted by molar-refractivity contribution is 0.0439. The first-order valence-electron chi connectivity index (χ1n) is 4.58. The highest BCUT2D eigenvalue weighted by atomic mass is 16.5. The van der Waals surface area contributed by atoms with E-state index in [4.69, 9.17) is 4.74 Å². The predicted molar refractivity (Wildman–Crippen MR) is 52.9 cm³/mol. The molecule has 2 heterocycles. The summed E-state index contributed by atoms with van der Waals surface area (Å²) in [6, 6.07) is 7.33. The smallest absolute Gasteiger partial charge is 0.355 e. The summed E-state index contributed by atoms with van der Waals surface area (Å²) in [4.78, 5) is 25.9. The van der Waals surface area contributed by atoms with Gasteiger partial charge in [0.1, 0.15) is 5.69 Å². The third-order valence-electron chi connectivity index (χ3n) is 2.52. The molecule has 0 bridgehead atoms. The molecule has 1 aromatic carbocycles. The van der Waals surface area contributed by atoms with Crippen molar-refractivity contribution in [3.63, 3.8) is 0 Å². The molecule has 1 aromatic heterocycles. The van der Waals surface area contributed by atoms with Gasteiger partial charge in [0.2, 0.25) is 5.78 Å². The van der Waals surface area contributed by atoms with Crippen LogP contribution in [0.25, 0.3) is 10.9 Å². The van der Waals surface area contributed by atoms with Gasteiger partial charge in [0.15, 0.2) is 6.61 Å². The van der Waals surface area contributed by atoms with Gasteiger partial charge in [0, 0.05) is 10.9 Å². The van der Waals surface area contributed by atoms with Crippen LogP contribution in [0.2, 0.25) is 0 Å². The Balaban J connectivity index is 2.44. The van der Waals surface area contributed by atoms with Gasteiger partial charge in [-0.2, -0.15) is 0 Å². The zero-order chi connectivity index (χ0) is 10.4. The fourth-order valence-electron chi connectivity index (χ4n) is 1.86. The summed E-state index contributed by atoms with van der Waals surface area (Å²) in [7, 11) is 0. The van der Waals surface area contributed by atoms with Crippen molar-refractivity contribution < 1.29 is 14.3 Å². The number of carbonyl (C=O) groups excluding carboxylic acids is 2. The maximum atomic E-state index is 11.6. The van der Waals surface area contributed by atoms with Gasteiger partial charge >= 0.3 is 5.97 Å². The van der Waals surface area contributed by atoms with Crippen molar-refractivity contribution in [1.29, 1.82) is 0 Å². The zero-order valence-corrected chi connectivity index (χ0v) is 7.74. The molecule has 1 N–H and O–H groups in total. The van der Waals surface area contributed by atoms with Crippen LogP contribution in [0.15, 0.2) is 24.3 Å². The van der Waals surface area contributed by atoms with Crippen molar-refractivity contribution in [3.8, 4) is 0 Å². The number of ether oxygens (including phenoxy) is 1. The average Bonchev–Trinajstić information content (AvgIpc) is 2.64. The highest BCUT2D eigenvalue weighted by Crippen LogP contribution is 2.25. The molecule has 4 nitrogen and oxygen atoms in total. The maximum absolute atomic E-state index is 11.6. The lowest BCUT2D eigenvalue weighted by atomic mass is 10.1. The van der Waals surface area contributed by atoms with E-state index in [0.29, 0.717) is 5.56 Å². The molecule has 0 amide bonds. The number of H-pyrrole nitrogens is 1. The second kappa shape index (κ2) is 2.70. The quantitative estimate of drug-likeness (QED) is 0.657. The van der Waals surface area contributed by atoms with Gasteiger partial charge in [-0.3, -0.25) is 4.79 Å². The van der Waals surface area contributed by atoms with Crippen LogP contribution < -0.4 is 0 Å².